The molecule has 0 aromatic carbocycles. The standard InChI is InChI=1S/C19H29N3O6/c1-11(2)8-9-20-19(27)21-15(23)10-28-18(26)12(3)22-16(24)13-6-4-5-7-14(13)17(22)25/h11-14H,4-10H2,1-3H3,(H2,20,21,23,27)/t12-,13+,14+/m0/s1. The van der Waals surface area contributed by atoms with Crippen molar-refractivity contribution in [1.82, 2.24) is 15.5 Å². The van der Waals surface area contributed by atoms with Gasteiger partial charge in [0.25, 0.3) is 5.91 Å². The van der Waals surface area contributed by atoms with Crippen LogP contribution >= 0.6 is 0 Å². The summed E-state index contributed by atoms with van der Waals surface area (Å²) in [6.07, 6.45) is 3.87. The number of fused-ring (bicyclic) bond motifs is 1. The molecule has 1 saturated carbocycles. The maximum Gasteiger partial charge on any atom is 0.329 e. The second-order valence-electron chi connectivity index (χ2n) is 7.81. The minimum absolute atomic E-state index is 0.340. The number of ether oxygens (including phenoxy) is 1. The predicted molar refractivity (Wildman–Crippen MR) is 98.7 cm³/mol. The van der Waals surface area contributed by atoms with Crippen LogP contribution in [0.1, 0.15) is 52.9 Å². The third-order valence-corrected chi connectivity index (χ3v) is 5.21. The average molecular weight is 395 g/mol. The van der Waals surface area contributed by atoms with Gasteiger partial charge in [-0.1, -0.05) is 26.7 Å². The Labute approximate surface area is 164 Å². The molecule has 1 aliphatic carbocycles. The highest BCUT2D eigenvalue weighted by atomic mass is 16.5. The molecule has 0 bridgehead atoms. The number of hydrogen-bond acceptors (Lipinski definition) is 6. The van der Waals surface area contributed by atoms with Gasteiger partial charge in [0.05, 0.1) is 11.8 Å². The van der Waals surface area contributed by atoms with E-state index < -0.39 is 30.6 Å². The normalized spacial score (nSPS) is 22.6. The number of carbonyl (C=O) groups is 5. The second kappa shape index (κ2) is 9.66. The molecule has 9 heteroatoms. The Balaban J connectivity index is 1.79. The van der Waals surface area contributed by atoms with Gasteiger partial charge in [0.2, 0.25) is 11.8 Å². The average Bonchev–Trinajstić information content (AvgIpc) is 2.90. The van der Waals surface area contributed by atoms with Crippen LogP contribution < -0.4 is 10.6 Å². The molecule has 28 heavy (non-hydrogen) atoms. The molecule has 2 fully saturated rings. The van der Waals surface area contributed by atoms with Gasteiger partial charge in [-0.05, 0) is 32.1 Å². The van der Waals surface area contributed by atoms with Crippen molar-refractivity contribution < 1.29 is 28.7 Å². The maximum absolute atomic E-state index is 12.5. The molecule has 3 atom stereocenters. The highest BCUT2D eigenvalue weighted by molar-refractivity contribution is 6.08. The second-order valence-corrected chi connectivity index (χ2v) is 7.81. The number of urea groups is 1. The van der Waals surface area contributed by atoms with Crippen molar-refractivity contribution in [2.45, 2.75) is 58.9 Å². The van der Waals surface area contributed by atoms with E-state index in [4.69, 9.17) is 4.74 Å². The number of likely N-dealkylation sites (tertiary alicyclic amines) is 1. The summed E-state index contributed by atoms with van der Waals surface area (Å²) in [5.41, 5.74) is 0. The molecular formula is C19H29N3O6. The van der Waals surface area contributed by atoms with Crippen molar-refractivity contribution in [3.8, 4) is 0 Å². The lowest BCUT2D eigenvalue weighted by Crippen LogP contribution is -2.46. The molecule has 2 aliphatic rings. The third-order valence-electron chi connectivity index (χ3n) is 5.21. The van der Waals surface area contributed by atoms with Crippen molar-refractivity contribution >= 4 is 29.7 Å². The number of nitrogens with one attached hydrogen (secondary N) is 2. The molecule has 2 rings (SSSR count). The summed E-state index contributed by atoms with van der Waals surface area (Å²) in [4.78, 5) is 61.5. The van der Waals surface area contributed by atoms with Crippen LogP contribution in [0.25, 0.3) is 0 Å². The highest BCUT2D eigenvalue weighted by Crippen LogP contribution is 2.38. The smallest absolute Gasteiger partial charge is 0.329 e. The number of hydrogen-bond donors (Lipinski definition) is 2. The van der Waals surface area contributed by atoms with E-state index in [1.807, 2.05) is 13.8 Å². The number of rotatable bonds is 7. The van der Waals surface area contributed by atoms with Gasteiger partial charge >= 0.3 is 12.0 Å². The molecule has 5 amide bonds. The third kappa shape index (κ3) is 5.30. The predicted octanol–water partition coefficient (Wildman–Crippen LogP) is 0.965. The first-order valence-corrected chi connectivity index (χ1v) is 9.83. The largest absolute Gasteiger partial charge is 0.454 e. The molecule has 0 radical (unpaired) electrons. The number of carbonyl (C=O) groups excluding carboxylic acids is 5. The zero-order valence-corrected chi connectivity index (χ0v) is 16.7. The molecule has 2 N–H and O–H groups in total. The van der Waals surface area contributed by atoms with E-state index in [0.29, 0.717) is 25.3 Å². The first-order chi connectivity index (χ1) is 13.2. The highest BCUT2D eigenvalue weighted by Gasteiger charge is 2.51. The quantitative estimate of drug-likeness (QED) is 0.489. The Morgan fingerprint density at radius 3 is 2.18 bits per heavy atom. The zero-order chi connectivity index (χ0) is 20.8. The summed E-state index contributed by atoms with van der Waals surface area (Å²) in [6, 6.07) is -1.76. The van der Waals surface area contributed by atoms with E-state index in [1.165, 1.54) is 6.92 Å². The summed E-state index contributed by atoms with van der Waals surface area (Å²) in [5, 5.41) is 4.59. The Bertz CT molecular complexity index is 624. The van der Waals surface area contributed by atoms with Gasteiger partial charge < -0.3 is 10.1 Å². The summed E-state index contributed by atoms with van der Waals surface area (Å²) in [7, 11) is 0. The van der Waals surface area contributed by atoms with Crippen LogP contribution in [0.2, 0.25) is 0 Å². The summed E-state index contributed by atoms with van der Waals surface area (Å²) < 4.78 is 4.89. The van der Waals surface area contributed by atoms with Crippen molar-refractivity contribution in [3.05, 3.63) is 0 Å². The van der Waals surface area contributed by atoms with E-state index >= 15 is 0 Å². The molecule has 1 heterocycles. The van der Waals surface area contributed by atoms with Crippen LogP contribution in [0.3, 0.4) is 0 Å². The van der Waals surface area contributed by atoms with Gasteiger partial charge in [0.1, 0.15) is 6.04 Å². The first-order valence-electron chi connectivity index (χ1n) is 9.83. The molecule has 0 unspecified atom stereocenters. The van der Waals surface area contributed by atoms with Gasteiger partial charge in [-0.15, -0.1) is 0 Å². The van der Waals surface area contributed by atoms with Crippen molar-refractivity contribution in [2.24, 2.45) is 17.8 Å². The molecule has 9 nitrogen and oxygen atoms in total. The van der Waals surface area contributed by atoms with E-state index in [-0.39, 0.29) is 23.7 Å². The SMILES string of the molecule is CC(C)CCNC(=O)NC(=O)COC(=O)[C@H](C)N1C(=O)[C@@H]2CCCC[C@H]2C1=O. The van der Waals surface area contributed by atoms with Crippen LogP contribution in [-0.2, 0) is 23.9 Å². The fourth-order valence-electron chi connectivity index (χ4n) is 3.61. The van der Waals surface area contributed by atoms with Crippen molar-refractivity contribution in [2.75, 3.05) is 13.2 Å². The van der Waals surface area contributed by atoms with Gasteiger partial charge in [0.15, 0.2) is 6.61 Å². The summed E-state index contributed by atoms with van der Waals surface area (Å²) >= 11 is 0. The monoisotopic (exact) mass is 395 g/mol. The van der Waals surface area contributed by atoms with E-state index in [0.717, 1.165) is 24.2 Å². The topological polar surface area (TPSA) is 122 Å². The molecule has 156 valence electrons. The molecular weight excluding hydrogens is 366 g/mol. The van der Waals surface area contributed by atoms with Crippen LogP contribution in [0.15, 0.2) is 0 Å². The van der Waals surface area contributed by atoms with Crippen molar-refractivity contribution in [3.63, 3.8) is 0 Å². The minimum atomic E-state index is -1.10. The zero-order valence-electron chi connectivity index (χ0n) is 16.7. The van der Waals surface area contributed by atoms with E-state index in [9.17, 15) is 24.0 Å². The molecule has 1 saturated heterocycles. The van der Waals surface area contributed by atoms with Crippen molar-refractivity contribution in [1.29, 1.82) is 0 Å². The van der Waals surface area contributed by atoms with Crippen LogP contribution in [0, 0.1) is 17.8 Å². The fourth-order valence-corrected chi connectivity index (χ4v) is 3.61. The molecule has 0 spiro atoms. The maximum atomic E-state index is 12.5. The van der Waals surface area contributed by atoms with Crippen LogP contribution in [0.5, 0.6) is 0 Å². The van der Waals surface area contributed by atoms with Crippen LogP contribution in [-0.4, -0.2) is 53.8 Å². The van der Waals surface area contributed by atoms with Gasteiger partial charge in [-0.25, -0.2) is 9.59 Å². The number of esters is 1. The minimum Gasteiger partial charge on any atom is -0.454 e. The first kappa shape index (κ1) is 21.8. The van der Waals surface area contributed by atoms with E-state index in [2.05, 4.69) is 10.6 Å². The van der Waals surface area contributed by atoms with Gasteiger partial charge in [-0.3, -0.25) is 24.6 Å². The Hall–Kier alpha value is -2.45. The number of imide groups is 2. The lowest BCUT2D eigenvalue weighted by molar-refractivity contribution is -0.159. The van der Waals surface area contributed by atoms with Gasteiger partial charge in [0, 0.05) is 6.54 Å². The molecule has 0 aromatic rings. The summed E-state index contributed by atoms with van der Waals surface area (Å²) in [5.74, 6) is -2.60. The van der Waals surface area contributed by atoms with Crippen LogP contribution in [0.4, 0.5) is 4.79 Å². The van der Waals surface area contributed by atoms with E-state index in [1.54, 1.807) is 0 Å². The summed E-state index contributed by atoms with van der Waals surface area (Å²) in [6.45, 7) is 5.19. The Kier molecular flexibility index (Phi) is 7.53. The number of amides is 5. The molecule has 1 aliphatic heterocycles. The van der Waals surface area contributed by atoms with Gasteiger partial charge in [-0.2, -0.15) is 0 Å². The fraction of sp³-hybridized carbons (Fsp3) is 0.737. The molecule has 0 aromatic heterocycles. The lowest BCUT2D eigenvalue weighted by atomic mass is 9.81. The lowest BCUT2D eigenvalue weighted by Gasteiger charge is -2.21. The number of nitrogens with zero attached hydrogens (tertiary/aromatic N) is 1. The Morgan fingerprint density at radius 1 is 1.07 bits per heavy atom. The Morgan fingerprint density at radius 2 is 1.64 bits per heavy atom.